The highest BCUT2D eigenvalue weighted by atomic mass is 16.2. The molecule has 0 bridgehead atoms. The highest BCUT2D eigenvalue weighted by molar-refractivity contribution is 5.99. The summed E-state index contributed by atoms with van der Waals surface area (Å²) < 4.78 is 0. The summed E-state index contributed by atoms with van der Waals surface area (Å²) in [4.78, 5) is 21.3. The molecule has 2 aliphatic rings. The van der Waals surface area contributed by atoms with Gasteiger partial charge in [0, 0.05) is 37.6 Å². The Bertz CT molecular complexity index is 506. The summed E-state index contributed by atoms with van der Waals surface area (Å²) in [6.07, 6.45) is 5.64. The molecule has 6 nitrogen and oxygen atoms in total. The Morgan fingerprint density at radius 2 is 2.35 bits per heavy atom. The van der Waals surface area contributed by atoms with Crippen LogP contribution in [0.2, 0.25) is 0 Å². The van der Waals surface area contributed by atoms with Crippen LogP contribution < -0.4 is 11.3 Å². The van der Waals surface area contributed by atoms with Gasteiger partial charge in [-0.05, 0) is 32.4 Å². The molecule has 3 rings (SSSR count). The monoisotopic (exact) mass is 275 g/mol. The zero-order valence-electron chi connectivity index (χ0n) is 11.7. The van der Waals surface area contributed by atoms with Crippen molar-refractivity contribution in [3.63, 3.8) is 0 Å². The van der Waals surface area contributed by atoms with Crippen LogP contribution in [0.25, 0.3) is 0 Å². The van der Waals surface area contributed by atoms with E-state index in [4.69, 9.17) is 5.84 Å². The summed E-state index contributed by atoms with van der Waals surface area (Å²) in [6.45, 7) is 5.04. The van der Waals surface area contributed by atoms with E-state index in [1.54, 1.807) is 18.5 Å². The van der Waals surface area contributed by atoms with Crippen LogP contribution in [0, 0.1) is 0 Å². The van der Waals surface area contributed by atoms with Crippen molar-refractivity contribution in [1.29, 1.82) is 0 Å². The number of rotatable bonds is 2. The number of nitrogen functional groups attached to an aromatic ring is 1. The van der Waals surface area contributed by atoms with E-state index in [1.807, 2.05) is 4.90 Å². The molecule has 20 heavy (non-hydrogen) atoms. The molecule has 2 fully saturated rings. The minimum absolute atomic E-state index is 0.0186. The number of amides is 1. The summed E-state index contributed by atoms with van der Waals surface area (Å²) in [5, 5.41) is 0. The molecule has 1 amide bonds. The number of nitrogens with one attached hydrogen (secondary N) is 1. The van der Waals surface area contributed by atoms with Gasteiger partial charge in [0.1, 0.15) is 0 Å². The fourth-order valence-electron chi connectivity index (χ4n) is 3.32. The van der Waals surface area contributed by atoms with Gasteiger partial charge in [0.15, 0.2) is 0 Å². The lowest BCUT2D eigenvalue weighted by Gasteiger charge is -2.42. The second kappa shape index (κ2) is 5.38. The molecule has 0 spiro atoms. The SMILES string of the molecule is CC1CN2CCCC2CN1C(=O)c1cnccc1NN. The standard InChI is InChI=1S/C14H21N5O/c1-10-8-18-6-2-3-11(18)9-19(10)14(20)12-7-16-5-4-13(12)17-15/h4-5,7,10-11H,2-3,6,8-9,15H2,1H3,(H,16,17). The number of carbonyl (C=O) groups is 1. The number of nitrogens with two attached hydrogens (primary N) is 1. The van der Waals surface area contributed by atoms with E-state index in [9.17, 15) is 4.79 Å². The predicted octanol–water partition coefficient (Wildman–Crippen LogP) is 0.676. The smallest absolute Gasteiger partial charge is 0.257 e. The van der Waals surface area contributed by atoms with Crippen molar-refractivity contribution >= 4 is 11.6 Å². The number of carbonyl (C=O) groups excluding carboxylic acids is 1. The van der Waals surface area contributed by atoms with Gasteiger partial charge in [-0.15, -0.1) is 0 Å². The zero-order valence-corrected chi connectivity index (χ0v) is 11.7. The van der Waals surface area contributed by atoms with E-state index < -0.39 is 0 Å². The van der Waals surface area contributed by atoms with E-state index in [2.05, 4.69) is 22.2 Å². The maximum absolute atomic E-state index is 12.8. The molecule has 2 unspecified atom stereocenters. The van der Waals surface area contributed by atoms with E-state index in [-0.39, 0.29) is 11.9 Å². The van der Waals surface area contributed by atoms with Crippen molar-refractivity contribution in [2.24, 2.45) is 5.84 Å². The molecule has 0 aromatic carbocycles. The van der Waals surface area contributed by atoms with Gasteiger partial charge in [-0.2, -0.15) is 0 Å². The van der Waals surface area contributed by atoms with Crippen LogP contribution in [0.3, 0.4) is 0 Å². The summed E-state index contributed by atoms with van der Waals surface area (Å²) in [6, 6.07) is 2.47. The predicted molar refractivity (Wildman–Crippen MR) is 77.1 cm³/mol. The molecule has 6 heteroatoms. The van der Waals surface area contributed by atoms with Crippen molar-refractivity contribution in [2.75, 3.05) is 25.1 Å². The van der Waals surface area contributed by atoms with Gasteiger partial charge in [0.25, 0.3) is 5.91 Å². The number of anilines is 1. The average Bonchev–Trinajstić information content (AvgIpc) is 2.92. The van der Waals surface area contributed by atoms with Gasteiger partial charge in [-0.25, -0.2) is 0 Å². The van der Waals surface area contributed by atoms with Crippen LogP contribution in [0.1, 0.15) is 30.1 Å². The molecule has 2 saturated heterocycles. The van der Waals surface area contributed by atoms with E-state index in [1.165, 1.54) is 19.4 Å². The first-order valence-corrected chi connectivity index (χ1v) is 7.16. The molecule has 3 N–H and O–H groups in total. The number of pyridine rings is 1. The summed E-state index contributed by atoms with van der Waals surface area (Å²) >= 11 is 0. The Balaban J connectivity index is 1.82. The maximum Gasteiger partial charge on any atom is 0.257 e. The highest BCUT2D eigenvalue weighted by Gasteiger charge is 2.37. The van der Waals surface area contributed by atoms with Crippen LogP contribution in [-0.4, -0.2) is 52.4 Å². The Kier molecular flexibility index (Phi) is 3.58. The third kappa shape index (κ3) is 2.25. The minimum Gasteiger partial charge on any atom is -0.333 e. The number of piperazine rings is 1. The second-order valence-electron chi connectivity index (χ2n) is 5.66. The number of aromatic nitrogens is 1. The quantitative estimate of drug-likeness (QED) is 0.613. The molecule has 3 heterocycles. The van der Waals surface area contributed by atoms with Gasteiger partial charge in [0.05, 0.1) is 11.3 Å². The maximum atomic E-state index is 12.8. The first-order chi connectivity index (χ1) is 9.70. The average molecular weight is 275 g/mol. The van der Waals surface area contributed by atoms with Crippen LogP contribution in [0.4, 0.5) is 5.69 Å². The molecule has 1 aromatic rings. The number of fused-ring (bicyclic) bond motifs is 1. The summed E-state index contributed by atoms with van der Waals surface area (Å²) in [7, 11) is 0. The lowest BCUT2D eigenvalue weighted by molar-refractivity contribution is 0.0396. The minimum atomic E-state index is 0.0186. The number of nitrogens with zero attached hydrogens (tertiary/aromatic N) is 3. The molecule has 0 saturated carbocycles. The summed E-state index contributed by atoms with van der Waals surface area (Å²) in [5.74, 6) is 5.50. The fraction of sp³-hybridized carbons (Fsp3) is 0.571. The zero-order chi connectivity index (χ0) is 14.1. The highest BCUT2D eigenvalue weighted by Crippen LogP contribution is 2.26. The molecule has 0 aliphatic carbocycles. The molecule has 1 aromatic heterocycles. The van der Waals surface area contributed by atoms with Gasteiger partial charge in [0.2, 0.25) is 0 Å². The Morgan fingerprint density at radius 1 is 1.50 bits per heavy atom. The largest absolute Gasteiger partial charge is 0.333 e. The van der Waals surface area contributed by atoms with Gasteiger partial charge >= 0.3 is 0 Å². The normalized spacial score (nSPS) is 26.4. The van der Waals surface area contributed by atoms with Crippen molar-refractivity contribution in [3.05, 3.63) is 24.0 Å². The molecule has 2 aliphatic heterocycles. The molecular formula is C14H21N5O. The van der Waals surface area contributed by atoms with Crippen molar-refractivity contribution in [1.82, 2.24) is 14.8 Å². The van der Waals surface area contributed by atoms with Crippen LogP contribution >= 0.6 is 0 Å². The first kappa shape index (κ1) is 13.3. The number of hydrogen-bond acceptors (Lipinski definition) is 5. The van der Waals surface area contributed by atoms with E-state index >= 15 is 0 Å². The number of hydrogen-bond donors (Lipinski definition) is 2. The molecule has 108 valence electrons. The first-order valence-electron chi connectivity index (χ1n) is 7.16. The van der Waals surface area contributed by atoms with Crippen molar-refractivity contribution in [3.8, 4) is 0 Å². The third-order valence-electron chi connectivity index (χ3n) is 4.41. The summed E-state index contributed by atoms with van der Waals surface area (Å²) in [5.41, 5.74) is 3.76. The third-order valence-corrected chi connectivity index (χ3v) is 4.41. The number of hydrazine groups is 1. The van der Waals surface area contributed by atoms with Crippen molar-refractivity contribution in [2.45, 2.75) is 31.8 Å². The lowest BCUT2D eigenvalue weighted by Crippen LogP contribution is -2.56. The van der Waals surface area contributed by atoms with Gasteiger partial charge in [-0.1, -0.05) is 0 Å². The molecule has 0 radical (unpaired) electrons. The Morgan fingerprint density at radius 3 is 3.15 bits per heavy atom. The molecule has 2 atom stereocenters. The lowest BCUT2D eigenvalue weighted by atomic mass is 10.1. The Hall–Kier alpha value is -1.66. The second-order valence-corrected chi connectivity index (χ2v) is 5.66. The van der Waals surface area contributed by atoms with E-state index in [0.29, 0.717) is 17.3 Å². The van der Waals surface area contributed by atoms with Gasteiger partial charge in [-0.3, -0.25) is 20.5 Å². The van der Waals surface area contributed by atoms with Crippen LogP contribution in [-0.2, 0) is 0 Å². The van der Waals surface area contributed by atoms with Crippen LogP contribution in [0.5, 0.6) is 0 Å². The van der Waals surface area contributed by atoms with E-state index in [0.717, 1.165) is 13.1 Å². The van der Waals surface area contributed by atoms with Crippen LogP contribution in [0.15, 0.2) is 18.5 Å². The Labute approximate surface area is 118 Å². The van der Waals surface area contributed by atoms with Gasteiger partial charge < -0.3 is 10.3 Å². The fourth-order valence-corrected chi connectivity index (χ4v) is 3.32. The topological polar surface area (TPSA) is 74.5 Å². The molecular weight excluding hydrogens is 254 g/mol. The van der Waals surface area contributed by atoms with Crippen molar-refractivity contribution < 1.29 is 4.79 Å².